The number of carbonyl (C=O) groups excluding carboxylic acids is 1. The van der Waals surface area contributed by atoms with E-state index in [-0.39, 0.29) is 5.91 Å². The largest absolute Gasteiger partial charge is 0.326 e. The standard InChI is InChI=1S/C20H23N3OS/c1-13(2)17-8-6-16(12-21)20(23-17)25-10-9-19(24)22-18-7-5-14(3)11-15(18)4/h5-8,11,13H,9-10H2,1-4H3,(H,22,24). The predicted octanol–water partition coefficient (Wildman–Crippen LogP) is 4.81. The number of aromatic nitrogens is 1. The number of thioether (sulfide) groups is 1. The predicted molar refractivity (Wildman–Crippen MR) is 103 cm³/mol. The van der Waals surface area contributed by atoms with Gasteiger partial charge in [-0.05, 0) is 43.5 Å². The first kappa shape index (κ1) is 19.0. The van der Waals surface area contributed by atoms with Gasteiger partial charge in [-0.3, -0.25) is 4.79 Å². The molecule has 0 atom stereocenters. The minimum Gasteiger partial charge on any atom is -0.326 e. The lowest BCUT2D eigenvalue weighted by molar-refractivity contribution is -0.115. The van der Waals surface area contributed by atoms with Crippen LogP contribution in [0.2, 0.25) is 0 Å². The minimum absolute atomic E-state index is 0.0297. The number of carbonyl (C=O) groups is 1. The van der Waals surface area contributed by atoms with Gasteiger partial charge in [-0.2, -0.15) is 5.26 Å². The first-order valence-electron chi connectivity index (χ1n) is 8.31. The summed E-state index contributed by atoms with van der Waals surface area (Å²) in [7, 11) is 0. The minimum atomic E-state index is -0.0297. The summed E-state index contributed by atoms with van der Waals surface area (Å²) in [4.78, 5) is 16.7. The maximum absolute atomic E-state index is 12.2. The normalized spacial score (nSPS) is 10.6. The smallest absolute Gasteiger partial charge is 0.225 e. The molecule has 1 amide bonds. The molecule has 130 valence electrons. The van der Waals surface area contributed by atoms with Gasteiger partial charge in [0.05, 0.1) is 5.56 Å². The van der Waals surface area contributed by atoms with E-state index in [1.165, 1.54) is 17.3 Å². The van der Waals surface area contributed by atoms with Crippen LogP contribution in [-0.4, -0.2) is 16.6 Å². The summed E-state index contributed by atoms with van der Waals surface area (Å²) in [5, 5.41) is 12.9. The molecule has 0 bridgehead atoms. The third-order valence-electron chi connectivity index (χ3n) is 3.82. The van der Waals surface area contributed by atoms with Crippen LogP contribution in [0.5, 0.6) is 0 Å². The number of nitrogens with one attached hydrogen (secondary N) is 1. The molecule has 2 rings (SSSR count). The van der Waals surface area contributed by atoms with Crippen LogP contribution in [0.1, 0.15) is 48.6 Å². The Bertz CT molecular complexity index is 809. The van der Waals surface area contributed by atoms with Crippen LogP contribution in [-0.2, 0) is 4.79 Å². The molecule has 0 fully saturated rings. The molecule has 1 aromatic carbocycles. The van der Waals surface area contributed by atoms with Crippen molar-refractivity contribution in [1.29, 1.82) is 5.26 Å². The van der Waals surface area contributed by atoms with Gasteiger partial charge in [-0.1, -0.05) is 31.5 Å². The van der Waals surface area contributed by atoms with Crippen molar-refractivity contribution in [1.82, 2.24) is 4.98 Å². The molecular weight excluding hydrogens is 330 g/mol. The Hall–Kier alpha value is -2.32. The number of pyridine rings is 1. The van der Waals surface area contributed by atoms with Crippen LogP contribution < -0.4 is 5.32 Å². The zero-order valence-corrected chi connectivity index (χ0v) is 15.9. The fourth-order valence-electron chi connectivity index (χ4n) is 2.38. The fraction of sp³-hybridized carbons (Fsp3) is 0.350. The molecule has 0 aliphatic rings. The van der Waals surface area contributed by atoms with E-state index in [2.05, 4.69) is 30.2 Å². The van der Waals surface area contributed by atoms with Gasteiger partial charge in [0.25, 0.3) is 0 Å². The van der Waals surface area contributed by atoms with Crippen LogP contribution in [0.25, 0.3) is 0 Å². The maximum Gasteiger partial charge on any atom is 0.225 e. The molecule has 4 nitrogen and oxygen atoms in total. The van der Waals surface area contributed by atoms with E-state index in [9.17, 15) is 10.1 Å². The second kappa shape index (κ2) is 8.68. The molecule has 1 heterocycles. The monoisotopic (exact) mass is 353 g/mol. The van der Waals surface area contributed by atoms with Gasteiger partial charge in [-0.25, -0.2) is 4.98 Å². The number of rotatable bonds is 6. The van der Waals surface area contributed by atoms with E-state index in [0.717, 1.165) is 16.9 Å². The Morgan fingerprint density at radius 1 is 1.28 bits per heavy atom. The summed E-state index contributed by atoms with van der Waals surface area (Å²) in [6.07, 6.45) is 0.371. The van der Waals surface area contributed by atoms with Crippen molar-refractivity contribution in [3.05, 3.63) is 52.7 Å². The average Bonchev–Trinajstić information content (AvgIpc) is 2.57. The highest BCUT2D eigenvalue weighted by Gasteiger charge is 2.10. The average molecular weight is 353 g/mol. The SMILES string of the molecule is Cc1ccc(NC(=O)CCSc2nc(C(C)C)ccc2C#N)c(C)c1. The maximum atomic E-state index is 12.2. The highest BCUT2D eigenvalue weighted by molar-refractivity contribution is 7.99. The Morgan fingerprint density at radius 3 is 2.68 bits per heavy atom. The third-order valence-corrected chi connectivity index (χ3v) is 4.81. The van der Waals surface area contributed by atoms with E-state index in [1.807, 2.05) is 38.1 Å². The van der Waals surface area contributed by atoms with E-state index in [0.29, 0.717) is 28.7 Å². The molecule has 0 spiro atoms. The number of hydrogen-bond acceptors (Lipinski definition) is 4. The van der Waals surface area contributed by atoms with Crippen LogP contribution >= 0.6 is 11.8 Å². The number of nitrogens with zero attached hydrogens (tertiary/aromatic N) is 2. The summed E-state index contributed by atoms with van der Waals surface area (Å²) in [5.41, 5.74) is 4.59. The van der Waals surface area contributed by atoms with Crippen molar-refractivity contribution >= 4 is 23.4 Å². The first-order chi connectivity index (χ1) is 11.9. The van der Waals surface area contributed by atoms with Crippen molar-refractivity contribution in [3.8, 4) is 6.07 Å². The van der Waals surface area contributed by atoms with Gasteiger partial charge in [-0.15, -0.1) is 11.8 Å². The van der Waals surface area contributed by atoms with E-state index >= 15 is 0 Å². The van der Waals surface area contributed by atoms with Crippen molar-refractivity contribution in [3.63, 3.8) is 0 Å². The molecular formula is C20H23N3OS. The lowest BCUT2D eigenvalue weighted by Gasteiger charge is -2.10. The lowest BCUT2D eigenvalue weighted by Crippen LogP contribution is -2.13. The highest BCUT2D eigenvalue weighted by atomic mass is 32.2. The first-order valence-corrected chi connectivity index (χ1v) is 9.30. The lowest BCUT2D eigenvalue weighted by atomic mass is 10.1. The van der Waals surface area contributed by atoms with Gasteiger partial charge in [0, 0.05) is 23.6 Å². The van der Waals surface area contributed by atoms with Gasteiger partial charge < -0.3 is 5.32 Å². The molecule has 1 N–H and O–H groups in total. The fourth-order valence-corrected chi connectivity index (χ4v) is 3.30. The Balaban J connectivity index is 1.95. The summed E-state index contributed by atoms with van der Waals surface area (Å²) < 4.78 is 0. The number of nitriles is 1. The molecule has 0 radical (unpaired) electrons. The molecule has 0 unspecified atom stereocenters. The third kappa shape index (κ3) is 5.33. The van der Waals surface area contributed by atoms with Crippen LogP contribution in [0.3, 0.4) is 0 Å². The molecule has 0 saturated carbocycles. The number of anilines is 1. The number of benzene rings is 1. The van der Waals surface area contributed by atoms with E-state index < -0.39 is 0 Å². The molecule has 5 heteroatoms. The van der Waals surface area contributed by atoms with Gasteiger partial charge >= 0.3 is 0 Å². The van der Waals surface area contributed by atoms with Gasteiger partial charge in [0.1, 0.15) is 11.1 Å². The van der Waals surface area contributed by atoms with E-state index in [4.69, 9.17) is 0 Å². The second-order valence-electron chi connectivity index (χ2n) is 6.32. The van der Waals surface area contributed by atoms with Gasteiger partial charge in [0.2, 0.25) is 5.91 Å². The van der Waals surface area contributed by atoms with Crippen molar-refractivity contribution in [2.24, 2.45) is 0 Å². The van der Waals surface area contributed by atoms with Crippen molar-refractivity contribution in [2.75, 3.05) is 11.1 Å². The molecule has 2 aromatic rings. The Labute approximate surface area is 153 Å². The zero-order valence-electron chi connectivity index (χ0n) is 15.1. The molecule has 25 heavy (non-hydrogen) atoms. The molecule has 0 aliphatic carbocycles. The Morgan fingerprint density at radius 2 is 2.04 bits per heavy atom. The summed E-state index contributed by atoms with van der Waals surface area (Å²) >= 11 is 1.45. The molecule has 1 aromatic heterocycles. The molecule has 0 saturated heterocycles. The van der Waals surface area contributed by atoms with Crippen LogP contribution in [0.15, 0.2) is 35.4 Å². The topological polar surface area (TPSA) is 65.8 Å². The number of aryl methyl sites for hydroxylation is 2. The van der Waals surface area contributed by atoms with Crippen LogP contribution in [0, 0.1) is 25.2 Å². The molecule has 0 aliphatic heterocycles. The Kier molecular flexibility index (Phi) is 6.60. The van der Waals surface area contributed by atoms with Crippen molar-refractivity contribution in [2.45, 2.75) is 45.1 Å². The summed E-state index contributed by atoms with van der Waals surface area (Å²) in [6, 6.07) is 11.8. The summed E-state index contributed by atoms with van der Waals surface area (Å²) in [6.45, 7) is 8.15. The number of amides is 1. The highest BCUT2D eigenvalue weighted by Crippen LogP contribution is 2.24. The second-order valence-corrected chi connectivity index (χ2v) is 7.40. The van der Waals surface area contributed by atoms with E-state index in [1.54, 1.807) is 6.07 Å². The zero-order chi connectivity index (χ0) is 18.4. The van der Waals surface area contributed by atoms with Gasteiger partial charge in [0.15, 0.2) is 0 Å². The van der Waals surface area contributed by atoms with Crippen LogP contribution in [0.4, 0.5) is 5.69 Å². The van der Waals surface area contributed by atoms with Crippen molar-refractivity contribution < 1.29 is 4.79 Å². The number of hydrogen-bond donors (Lipinski definition) is 1. The quantitative estimate of drug-likeness (QED) is 0.757. The summed E-state index contributed by atoms with van der Waals surface area (Å²) in [5.74, 6) is 0.859.